The van der Waals surface area contributed by atoms with Crippen LogP contribution in [-0.4, -0.2) is 17.1 Å². The number of hydrogen-bond donors (Lipinski definition) is 2. The zero-order valence-corrected chi connectivity index (χ0v) is 8.38. The summed E-state index contributed by atoms with van der Waals surface area (Å²) in [5.74, 6) is -0.751. The van der Waals surface area contributed by atoms with Gasteiger partial charge in [0.25, 0.3) is 5.91 Å². The van der Waals surface area contributed by atoms with Crippen molar-refractivity contribution in [2.24, 2.45) is 0 Å². The summed E-state index contributed by atoms with van der Waals surface area (Å²) in [5, 5.41) is 11.0. The van der Waals surface area contributed by atoms with Crippen molar-refractivity contribution in [2.75, 3.05) is 5.32 Å². The number of halogens is 3. The summed E-state index contributed by atoms with van der Waals surface area (Å²) in [6.07, 6.45) is -5.72. The Balaban J connectivity index is 2.88. The van der Waals surface area contributed by atoms with Crippen LogP contribution >= 0.6 is 0 Å². The monoisotopic (exact) mass is 233 g/mol. The number of alkyl halides is 3. The molecule has 1 aromatic carbocycles. The third-order valence-corrected chi connectivity index (χ3v) is 1.84. The summed E-state index contributed by atoms with van der Waals surface area (Å²) < 4.78 is 36.9. The normalized spacial score (nSPS) is 13.3. The van der Waals surface area contributed by atoms with Crippen LogP contribution in [0.1, 0.15) is 12.5 Å². The molecule has 3 nitrogen and oxygen atoms in total. The molecular formula is C10H10F3NO2. The molecule has 1 atom stereocenters. The van der Waals surface area contributed by atoms with E-state index in [1.54, 1.807) is 0 Å². The number of nitrogens with one attached hydrogen (secondary N) is 1. The summed E-state index contributed by atoms with van der Waals surface area (Å²) >= 11 is 0. The van der Waals surface area contributed by atoms with Crippen molar-refractivity contribution < 1.29 is 23.1 Å². The molecule has 0 heterocycles. The van der Waals surface area contributed by atoms with E-state index in [0.717, 1.165) is 12.1 Å². The van der Waals surface area contributed by atoms with Gasteiger partial charge < -0.3 is 10.4 Å². The highest BCUT2D eigenvalue weighted by Gasteiger charge is 2.30. The van der Waals surface area contributed by atoms with Gasteiger partial charge in [0.05, 0.1) is 5.56 Å². The number of aliphatic hydroxyl groups is 1. The number of anilines is 1. The lowest BCUT2D eigenvalue weighted by molar-refractivity contribution is -0.137. The Labute approximate surface area is 89.9 Å². The second-order valence-corrected chi connectivity index (χ2v) is 3.24. The summed E-state index contributed by atoms with van der Waals surface area (Å²) in [4.78, 5) is 11.0. The fourth-order valence-corrected chi connectivity index (χ4v) is 1.02. The lowest BCUT2D eigenvalue weighted by Gasteiger charge is -2.10. The van der Waals surface area contributed by atoms with Gasteiger partial charge >= 0.3 is 6.18 Å². The van der Waals surface area contributed by atoms with Gasteiger partial charge in [-0.15, -0.1) is 0 Å². The predicted octanol–water partition coefficient (Wildman–Crippen LogP) is 2.02. The molecule has 0 aromatic heterocycles. The zero-order chi connectivity index (χ0) is 12.3. The second-order valence-electron chi connectivity index (χ2n) is 3.24. The van der Waals surface area contributed by atoms with Gasteiger partial charge in [-0.1, -0.05) is 6.07 Å². The Hall–Kier alpha value is -1.56. The standard InChI is InChI=1S/C10H10F3NO2/c1-6(15)9(16)14-8-4-2-3-7(5-8)10(11,12)13/h2-6,15H,1H3,(H,14,16)/t6-/m0/s1. The number of aliphatic hydroxyl groups excluding tert-OH is 1. The molecule has 6 heteroatoms. The Morgan fingerprint density at radius 3 is 2.56 bits per heavy atom. The molecule has 0 unspecified atom stereocenters. The summed E-state index contributed by atoms with van der Waals surface area (Å²) in [6.45, 7) is 1.23. The first-order chi connectivity index (χ1) is 7.30. The topological polar surface area (TPSA) is 49.3 Å². The van der Waals surface area contributed by atoms with Gasteiger partial charge in [-0.2, -0.15) is 13.2 Å². The van der Waals surface area contributed by atoms with Crippen LogP contribution in [0.4, 0.5) is 18.9 Å². The van der Waals surface area contributed by atoms with Crippen LogP contribution in [0.25, 0.3) is 0 Å². The number of carbonyl (C=O) groups excluding carboxylic acids is 1. The van der Waals surface area contributed by atoms with Gasteiger partial charge in [0, 0.05) is 5.69 Å². The first kappa shape index (κ1) is 12.5. The number of rotatable bonds is 2. The molecule has 1 aromatic rings. The predicted molar refractivity (Wildman–Crippen MR) is 51.8 cm³/mol. The maximum Gasteiger partial charge on any atom is 0.416 e. The Bertz CT molecular complexity index is 388. The highest BCUT2D eigenvalue weighted by atomic mass is 19.4. The van der Waals surface area contributed by atoms with E-state index in [9.17, 15) is 18.0 Å². The lowest BCUT2D eigenvalue weighted by Crippen LogP contribution is -2.24. The first-order valence-corrected chi connectivity index (χ1v) is 4.47. The van der Waals surface area contributed by atoms with E-state index in [4.69, 9.17) is 5.11 Å². The maximum absolute atomic E-state index is 12.3. The smallest absolute Gasteiger partial charge is 0.384 e. The van der Waals surface area contributed by atoms with Crippen molar-refractivity contribution in [1.29, 1.82) is 0 Å². The average Bonchev–Trinajstić information content (AvgIpc) is 2.16. The molecule has 0 fully saturated rings. The second kappa shape index (κ2) is 4.52. The van der Waals surface area contributed by atoms with E-state index < -0.39 is 23.8 Å². The van der Waals surface area contributed by atoms with Gasteiger partial charge in [-0.3, -0.25) is 4.79 Å². The van der Waals surface area contributed by atoms with Crippen LogP contribution in [0.2, 0.25) is 0 Å². The third-order valence-electron chi connectivity index (χ3n) is 1.84. The van der Waals surface area contributed by atoms with Crippen LogP contribution in [0, 0.1) is 0 Å². The van der Waals surface area contributed by atoms with E-state index in [0.29, 0.717) is 0 Å². The molecule has 0 bridgehead atoms. The molecule has 0 saturated carbocycles. The molecule has 2 N–H and O–H groups in total. The van der Waals surface area contributed by atoms with Crippen LogP contribution in [0.15, 0.2) is 24.3 Å². The number of hydrogen-bond acceptors (Lipinski definition) is 2. The molecular weight excluding hydrogens is 223 g/mol. The van der Waals surface area contributed by atoms with Crippen molar-refractivity contribution in [1.82, 2.24) is 0 Å². The molecule has 16 heavy (non-hydrogen) atoms. The number of benzene rings is 1. The molecule has 1 rings (SSSR count). The van der Waals surface area contributed by atoms with E-state index in [-0.39, 0.29) is 5.69 Å². The molecule has 0 aliphatic heterocycles. The number of carbonyl (C=O) groups is 1. The Morgan fingerprint density at radius 1 is 1.44 bits per heavy atom. The summed E-state index contributed by atoms with van der Waals surface area (Å²) in [6, 6.07) is 4.20. The van der Waals surface area contributed by atoms with Crippen LogP contribution in [-0.2, 0) is 11.0 Å². The lowest BCUT2D eigenvalue weighted by atomic mass is 10.2. The summed E-state index contributed by atoms with van der Waals surface area (Å²) in [5.41, 5.74) is -0.850. The zero-order valence-electron chi connectivity index (χ0n) is 8.38. The van der Waals surface area contributed by atoms with E-state index in [2.05, 4.69) is 5.32 Å². The summed E-state index contributed by atoms with van der Waals surface area (Å²) in [7, 11) is 0. The largest absolute Gasteiger partial charge is 0.416 e. The third kappa shape index (κ3) is 3.23. The SMILES string of the molecule is C[C@H](O)C(=O)Nc1cccc(C(F)(F)F)c1. The average molecular weight is 233 g/mol. The van der Waals surface area contributed by atoms with E-state index >= 15 is 0 Å². The van der Waals surface area contributed by atoms with Crippen LogP contribution in [0.5, 0.6) is 0 Å². The van der Waals surface area contributed by atoms with Crippen molar-refractivity contribution >= 4 is 11.6 Å². The molecule has 1 amide bonds. The maximum atomic E-state index is 12.3. The molecule has 0 saturated heterocycles. The van der Waals surface area contributed by atoms with Crippen molar-refractivity contribution in [3.63, 3.8) is 0 Å². The fourth-order valence-electron chi connectivity index (χ4n) is 1.02. The van der Waals surface area contributed by atoms with Crippen LogP contribution < -0.4 is 5.32 Å². The fraction of sp³-hybridized carbons (Fsp3) is 0.300. The minimum atomic E-state index is -4.45. The highest BCUT2D eigenvalue weighted by molar-refractivity contribution is 5.93. The highest BCUT2D eigenvalue weighted by Crippen LogP contribution is 2.30. The van der Waals surface area contributed by atoms with Gasteiger partial charge in [-0.05, 0) is 25.1 Å². The Kier molecular flexibility index (Phi) is 3.54. The quantitative estimate of drug-likeness (QED) is 0.821. The number of amides is 1. The van der Waals surface area contributed by atoms with Crippen molar-refractivity contribution in [3.8, 4) is 0 Å². The first-order valence-electron chi connectivity index (χ1n) is 4.47. The van der Waals surface area contributed by atoms with Gasteiger partial charge in [0.2, 0.25) is 0 Å². The minimum absolute atomic E-state index is 0.000671. The molecule has 88 valence electrons. The molecule has 0 aliphatic rings. The van der Waals surface area contributed by atoms with Crippen LogP contribution in [0.3, 0.4) is 0 Å². The van der Waals surface area contributed by atoms with Gasteiger partial charge in [0.1, 0.15) is 6.10 Å². The van der Waals surface area contributed by atoms with E-state index in [1.165, 1.54) is 19.1 Å². The molecule has 0 radical (unpaired) electrons. The van der Waals surface area contributed by atoms with Crippen molar-refractivity contribution in [2.45, 2.75) is 19.2 Å². The van der Waals surface area contributed by atoms with Gasteiger partial charge in [-0.25, -0.2) is 0 Å². The van der Waals surface area contributed by atoms with Crippen molar-refractivity contribution in [3.05, 3.63) is 29.8 Å². The van der Waals surface area contributed by atoms with E-state index in [1.807, 2.05) is 0 Å². The molecule has 0 spiro atoms. The molecule has 0 aliphatic carbocycles. The van der Waals surface area contributed by atoms with Gasteiger partial charge in [0.15, 0.2) is 0 Å². The minimum Gasteiger partial charge on any atom is -0.384 e. The Morgan fingerprint density at radius 2 is 2.06 bits per heavy atom.